The van der Waals surface area contributed by atoms with Crippen LogP contribution in [0.4, 0.5) is 0 Å². The van der Waals surface area contributed by atoms with E-state index in [0.717, 1.165) is 30.4 Å². The Hall–Kier alpha value is -2.05. The van der Waals surface area contributed by atoms with Gasteiger partial charge in [0.2, 0.25) is 0 Å². The third-order valence-corrected chi connectivity index (χ3v) is 4.96. The van der Waals surface area contributed by atoms with Crippen LogP contribution in [0.5, 0.6) is 5.75 Å². The predicted octanol–water partition coefficient (Wildman–Crippen LogP) is 3.50. The van der Waals surface area contributed by atoms with Crippen LogP contribution >= 0.6 is 11.3 Å². The van der Waals surface area contributed by atoms with Crippen LogP contribution in [0.25, 0.3) is 0 Å². The van der Waals surface area contributed by atoms with Crippen molar-refractivity contribution < 1.29 is 4.74 Å². The maximum atomic E-state index is 5.69. The lowest BCUT2D eigenvalue weighted by molar-refractivity contribution is 0.302. The van der Waals surface area contributed by atoms with E-state index in [9.17, 15) is 0 Å². The predicted molar refractivity (Wildman–Crippen MR) is 111 cm³/mol. The first-order valence-corrected chi connectivity index (χ1v) is 9.96. The first-order chi connectivity index (χ1) is 12.7. The molecule has 2 aromatic rings. The van der Waals surface area contributed by atoms with Crippen LogP contribution in [0.2, 0.25) is 0 Å². The molecule has 0 radical (unpaired) electrons. The van der Waals surface area contributed by atoms with Gasteiger partial charge in [-0.1, -0.05) is 24.3 Å². The molecular formula is C20H30N4OS. The number of thiophene rings is 1. The molecule has 0 spiro atoms. The molecule has 0 saturated heterocycles. The molecule has 1 aromatic carbocycles. The van der Waals surface area contributed by atoms with Gasteiger partial charge < -0.3 is 20.3 Å². The zero-order chi connectivity index (χ0) is 18.8. The van der Waals surface area contributed by atoms with Gasteiger partial charge in [0.05, 0.1) is 19.2 Å². The summed E-state index contributed by atoms with van der Waals surface area (Å²) in [6.45, 7) is 6.93. The summed E-state index contributed by atoms with van der Waals surface area (Å²) >= 11 is 1.78. The summed E-state index contributed by atoms with van der Waals surface area (Å²) in [7, 11) is 4.21. The molecule has 1 heterocycles. The Kier molecular flexibility index (Phi) is 8.44. The van der Waals surface area contributed by atoms with Crippen LogP contribution in [0.1, 0.15) is 30.3 Å². The SMILES string of the molecule is CCNC(=NCc1ccccc1OCC)NCC(c1cccs1)N(C)C. The number of nitrogens with one attached hydrogen (secondary N) is 2. The highest BCUT2D eigenvalue weighted by Crippen LogP contribution is 2.22. The molecule has 6 heteroatoms. The minimum atomic E-state index is 0.314. The van der Waals surface area contributed by atoms with Crippen molar-refractivity contribution in [1.82, 2.24) is 15.5 Å². The molecule has 1 atom stereocenters. The Morgan fingerprint density at radius 3 is 2.62 bits per heavy atom. The van der Waals surface area contributed by atoms with Crippen LogP contribution in [0.15, 0.2) is 46.8 Å². The zero-order valence-corrected chi connectivity index (χ0v) is 17.0. The maximum Gasteiger partial charge on any atom is 0.191 e. The molecule has 0 saturated carbocycles. The van der Waals surface area contributed by atoms with Crippen LogP contribution in [0, 0.1) is 0 Å². The molecule has 5 nitrogen and oxygen atoms in total. The zero-order valence-electron chi connectivity index (χ0n) is 16.2. The summed E-state index contributed by atoms with van der Waals surface area (Å²) in [5.41, 5.74) is 1.09. The van der Waals surface area contributed by atoms with E-state index >= 15 is 0 Å². The molecule has 1 aromatic heterocycles. The van der Waals surface area contributed by atoms with Crippen molar-refractivity contribution >= 4 is 17.3 Å². The Morgan fingerprint density at radius 2 is 1.96 bits per heavy atom. The fourth-order valence-corrected chi connectivity index (χ4v) is 3.57. The van der Waals surface area contributed by atoms with Crippen LogP contribution in [0.3, 0.4) is 0 Å². The molecule has 0 fully saturated rings. The van der Waals surface area contributed by atoms with Crippen molar-refractivity contribution in [2.24, 2.45) is 4.99 Å². The molecule has 2 rings (SSSR count). The van der Waals surface area contributed by atoms with Crippen LogP contribution < -0.4 is 15.4 Å². The van der Waals surface area contributed by atoms with Crippen molar-refractivity contribution in [1.29, 1.82) is 0 Å². The summed E-state index contributed by atoms with van der Waals surface area (Å²) in [6, 6.07) is 12.7. The Morgan fingerprint density at radius 1 is 1.15 bits per heavy atom. The molecule has 26 heavy (non-hydrogen) atoms. The molecule has 0 bridgehead atoms. The Labute approximate surface area is 161 Å². The van der Waals surface area contributed by atoms with Gasteiger partial charge in [0.25, 0.3) is 0 Å². The summed E-state index contributed by atoms with van der Waals surface area (Å²) in [4.78, 5) is 8.31. The monoisotopic (exact) mass is 374 g/mol. The van der Waals surface area contributed by atoms with E-state index in [1.165, 1.54) is 4.88 Å². The third-order valence-electron chi connectivity index (χ3n) is 3.98. The molecule has 2 N–H and O–H groups in total. The fraction of sp³-hybridized carbons (Fsp3) is 0.450. The van der Waals surface area contributed by atoms with Gasteiger partial charge in [0.1, 0.15) is 5.75 Å². The molecule has 0 aliphatic heterocycles. The quantitative estimate of drug-likeness (QED) is 0.521. The lowest BCUT2D eigenvalue weighted by atomic mass is 10.2. The minimum absolute atomic E-state index is 0.314. The summed E-state index contributed by atoms with van der Waals surface area (Å²) in [5, 5.41) is 8.92. The number of nitrogens with zero attached hydrogens (tertiary/aromatic N) is 2. The standard InChI is InChI=1S/C20H30N4OS/c1-5-21-20(22-14-16-10-7-8-11-18(16)25-6-2)23-15-17(24(3)4)19-12-9-13-26-19/h7-13,17H,5-6,14-15H2,1-4H3,(H2,21,22,23). The number of likely N-dealkylation sites (N-methyl/N-ethyl adjacent to an activating group) is 1. The topological polar surface area (TPSA) is 48.9 Å². The molecule has 1 unspecified atom stereocenters. The van der Waals surface area contributed by atoms with Crippen LogP contribution in [-0.2, 0) is 6.54 Å². The van der Waals surface area contributed by atoms with Gasteiger partial charge in [-0.05, 0) is 45.5 Å². The highest BCUT2D eigenvalue weighted by Gasteiger charge is 2.15. The van der Waals surface area contributed by atoms with Gasteiger partial charge in [0, 0.05) is 23.5 Å². The van der Waals surface area contributed by atoms with Gasteiger partial charge >= 0.3 is 0 Å². The van der Waals surface area contributed by atoms with E-state index in [0.29, 0.717) is 19.2 Å². The minimum Gasteiger partial charge on any atom is -0.494 e. The largest absolute Gasteiger partial charge is 0.494 e. The van der Waals surface area contributed by atoms with Gasteiger partial charge in [-0.2, -0.15) is 0 Å². The molecule has 0 aliphatic rings. The van der Waals surface area contributed by atoms with Crippen LogP contribution in [-0.4, -0.2) is 44.7 Å². The van der Waals surface area contributed by atoms with E-state index in [-0.39, 0.29) is 0 Å². The average Bonchev–Trinajstić information content (AvgIpc) is 3.15. The van der Waals surface area contributed by atoms with Crippen molar-refractivity contribution in [3.05, 3.63) is 52.2 Å². The van der Waals surface area contributed by atoms with E-state index < -0.39 is 0 Å². The van der Waals surface area contributed by atoms with Gasteiger partial charge in [-0.3, -0.25) is 0 Å². The van der Waals surface area contributed by atoms with E-state index in [1.54, 1.807) is 11.3 Å². The van der Waals surface area contributed by atoms with Gasteiger partial charge in [-0.15, -0.1) is 11.3 Å². The average molecular weight is 375 g/mol. The number of rotatable bonds is 9. The highest BCUT2D eigenvalue weighted by molar-refractivity contribution is 7.10. The molecule has 0 aliphatic carbocycles. The van der Waals surface area contributed by atoms with E-state index in [1.807, 2.05) is 25.1 Å². The van der Waals surface area contributed by atoms with Gasteiger partial charge in [-0.25, -0.2) is 4.99 Å². The van der Waals surface area contributed by atoms with Crippen molar-refractivity contribution in [3.63, 3.8) is 0 Å². The van der Waals surface area contributed by atoms with E-state index in [2.05, 4.69) is 60.1 Å². The summed E-state index contributed by atoms with van der Waals surface area (Å²) in [5.74, 6) is 1.72. The summed E-state index contributed by atoms with van der Waals surface area (Å²) in [6.07, 6.45) is 0. The molecular weight excluding hydrogens is 344 g/mol. The third kappa shape index (κ3) is 6.04. The smallest absolute Gasteiger partial charge is 0.191 e. The van der Waals surface area contributed by atoms with Gasteiger partial charge in [0.15, 0.2) is 5.96 Å². The second kappa shape index (κ2) is 10.8. The van der Waals surface area contributed by atoms with Crippen molar-refractivity contribution in [2.75, 3.05) is 33.8 Å². The number of ether oxygens (including phenoxy) is 1. The first kappa shape index (κ1) is 20.3. The van der Waals surface area contributed by atoms with Crippen molar-refractivity contribution in [2.45, 2.75) is 26.4 Å². The molecule has 142 valence electrons. The molecule has 0 amide bonds. The Balaban J connectivity index is 2.04. The number of benzene rings is 1. The number of aliphatic imine (C=N–C) groups is 1. The number of hydrogen-bond acceptors (Lipinski definition) is 4. The fourth-order valence-electron chi connectivity index (χ4n) is 2.65. The maximum absolute atomic E-state index is 5.69. The Bertz CT molecular complexity index is 670. The normalized spacial score (nSPS) is 12.9. The lowest BCUT2D eigenvalue weighted by Crippen LogP contribution is -2.41. The number of para-hydroxylation sites is 1. The first-order valence-electron chi connectivity index (χ1n) is 9.08. The highest BCUT2D eigenvalue weighted by atomic mass is 32.1. The van der Waals surface area contributed by atoms with E-state index in [4.69, 9.17) is 9.73 Å². The second-order valence-corrected chi connectivity index (χ2v) is 7.09. The lowest BCUT2D eigenvalue weighted by Gasteiger charge is -2.24. The number of hydrogen-bond donors (Lipinski definition) is 2. The second-order valence-electron chi connectivity index (χ2n) is 6.11. The van der Waals surface area contributed by atoms with Crippen molar-refractivity contribution in [3.8, 4) is 5.75 Å². The number of guanidine groups is 1. The summed E-state index contributed by atoms with van der Waals surface area (Å²) < 4.78 is 5.69.